The molecule has 8 heteroatoms. The molecule has 1 aromatic heterocycles. The van der Waals surface area contributed by atoms with Gasteiger partial charge < -0.3 is 24.8 Å². The minimum atomic E-state index is -0.341. The summed E-state index contributed by atoms with van der Waals surface area (Å²) in [4.78, 5) is 20.7. The average Bonchev–Trinajstić information content (AvgIpc) is 2.75. The number of aromatic nitrogens is 2. The lowest BCUT2D eigenvalue weighted by atomic mass is 10.2. The molecule has 8 nitrogen and oxygen atoms in total. The zero-order chi connectivity index (χ0) is 20.6. The molecular weight excluding hydrogens is 372 g/mol. The summed E-state index contributed by atoms with van der Waals surface area (Å²) in [5.74, 6) is 2.08. The van der Waals surface area contributed by atoms with E-state index in [1.807, 2.05) is 13.0 Å². The highest BCUT2D eigenvalue weighted by Gasteiger charge is 2.11. The summed E-state index contributed by atoms with van der Waals surface area (Å²) >= 11 is 0. The zero-order valence-electron chi connectivity index (χ0n) is 16.4. The second kappa shape index (κ2) is 9.41. The van der Waals surface area contributed by atoms with E-state index < -0.39 is 0 Å². The minimum Gasteiger partial charge on any atom is -0.494 e. The monoisotopic (exact) mass is 394 g/mol. The molecule has 0 atom stereocenters. The Morgan fingerprint density at radius 1 is 0.931 bits per heavy atom. The number of methoxy groups -OCH3 is 2. The first-order valence-electron chi connectivity index (χ1n) is 8.98. The number of ether oxygens (including phenoxy) is 3. The number of nitrogens with zero attached hydrogens (tertiary/aromatic N) is 2. The molecule has 0 aliphatic carbocycles. The van der Waals surface area contributed by atoms with Crippen molar-refractivity contribution >= 4 is 23.1 Å². The van der Waals surface area contributed by atoms with E-state index in [2.05, 4.69) is 20.6 Å². The summed E-state index contributed by atoms with van der Waals surface area (Å²) in [6.07, 6.45) is 1.33. The Morgan fingerprint density at radius 2 is 1.66 bits per heavy atom. The number of carbonyl (C=O) groups is 1. The molecule has 0 radical (unpaired) electrons. The van der Waals surface area contributed by atoms with Crippen LogP contribution in [0.5, 0.6) is 17.2 Å². The highest BCUT2D eigenvalue weighted by molar-refractivity contribution is 6.03. The van der Waals surface area contributed by atoms with Gasteiger partial charge >= 0.3 is 0 Å². The second-order valence-corrected chi connectivity index (χ2v) is 5.89. The number of anilines is 3. The van der Waals surface area contributed by atoms with Crippen molar-refractivity contribution in [1.82, 2.24) is 9.97 Å². The molecule has 0 spiro atoms. The van der Waals surface area contributed by atoms with E-state index in [1.54, 1.807) is 56.7 Å². The van der Waals surface area contributed by atoms with Crippen LogP contribution in [-0.4, -0.2) is 36.7 Å². The highest BCUT2D eigenvalue weighted by Crippen LogP contribution is 2.30. The summed E-state index contributed by atoms with van der Waals surface area (Å²) < 4.78 is 15.9. The van der Waals surface area contributed by atoms with Gasteiger partial charge in [-0.05, 0) is 43.3 Å². The van der Waals surface area contributed by atoms with E-state index in [4.69, 9.17) is 14.2 Å². The van der Waals surface area contributed by atoms with Crippen molar-refractivity contribution in [2.75, 3.05) is 31.5 Å². The first kappa shape index (κ1) is 19.9. The number of nitrogens with one attached hydrogen (secondary N) is 2. The largest absolute Gasteiger partial charge is 0.494 e. The van der Waals surface area contributed by atoms with E-state index >= 15 is 0 Å². The van der Waals surface area contributed by atoms with Crippen molar-refractivity contribution in [3.05, 3.63) is 60.6 Å². The lowest BCUT2D eigenvalue weighted by Gasteiger charge is -2.11. The van der Waals surface area contributed by atoms with Crippen LogP contribution in [0.25, 0.3) is 0 Å². The smallest absolute Gasteiger partial charge is 0.274 e. The molecule has 1 amide bonds. The maximum absolute atomic E-state index is 12.5. The molecular formula is C21H22N4O4. The number of rotatable bonds is 8. The predicted molar refractivity (Wildman–Crippen MR) is 110 cm³/mol. The summed E-state index contributed by atoms with van der Waals surface area (Å²) in [6, 6.07) is 14.1. The van der Waals surface area contributed by atoms with Crippen molar-refractivity contribution in [2.45, 2.75) is 6.92 Å². The molecule has 3 aromatic rings. The Bertz CT molecular complexity index is 977. The third-order valence-corrected chi connectivity index (χ3v) is 3.98. The molecule has 0 aliphatic rings. The lowest BCUT2D eigenvalue weighted by Crippen LogP contribution is -2.14. The van der Waals surface area contributed by atoms with Crippen LogP contribution in [0.2, 0.25) is 0 Å². The molecule has 0 aliphatic heterocycles. The van der Waals surface area contributed by atoms with Gasteiger partial charge in [-0.25, -0.2) is 9.97 Å². The van der Waals surface area contributed by atoms with E-state index in [0.717, 1.165) is 11.4 Å². The van der Waals surface area contributed by atoms with Crippen LogP contribution in [0.3, 0.4) is 0 Å². The van der Waals surface area contributed by atoms with Gasteiger partial charge in [-0.1, -0.05) is 0 Å². The number of hydrogen-bond donors (Lipinski definition) is 2. The Morgan fingerprint density at radius 3 is 2.34 bits per heavy atom. The summed E-state index contributed by atoms with van der Waals surface area (Å²) in [7, 11) is 3.14. The Balaban J connectivity index is 1.71. The minimum absolute atomic E-state index is 0.233. The first-order valence-corrected chi connectivity index (χ1v) is 8.98. The number of carbonyl (C=O) groups excluding carboxylic acids is 1. The molecule has 0 saturated heterocycles. The van der Waals surface area contributed by atoms with E-state index in [9.17, 15) is 4.79 Å². The molecule has 29 heavy (non-hydrogen) atoms. The van der Waals surface area contributed by atoms with Gasteiger partial charge in [0.05, 0.1) is 20.8 Å². The maximum atomic E-state index is 12.5. The fraction of sp³-hybridized carbons (Fsp3) is 0.190. The van der Waals surface area contributed by atoms with Crippen LogP contribution in [0.4, 0.5) is 17.2 Å². The number of amides is 1. The van der Waals surface area contributed by atoms with Crippen molar-refractivity contribution in [3.8, 4) is 17.2 Å². The van der Waals surface area contributed by atoms with Crippen molar-refractivity contribution in [1.29, 1.82) is 0 Å². The molecule has 0 bridgehead atoms. The molecule has 3 rings (SSSR count). The fourth-order valence-electron chi connectivity index (χ4n) is 2.61. The van der Waals surface area contributed by atoms with Crippen LogP contribution in [0, 0.1) is 0 Å². The van der Waals surface area contributed by atoms with Crippen LogP contribution < -0.4 is 24.8 Å². The third kappa shape index (κ3) is 5.13. The first-order chi connectivity index (χ1) is 14.1. The highest BCUT2D eigenvalue weighted by atomic mass is 16.5. The summed E-state index contributed by atoms with van der Waals surface area (Å²) in [5.41, 5.74) is 1.61. The van der Waals surface area contributed by atoms with Crippen LogP contribution in [0.15, 0.2) is 54.9 Å². The fourth-order valence-corrected chi connectivity index (χ4v) is 2.61. The molecule has 150 valence electrons. The topological polar surface area (TPSA) is 94.6 Å². The number of hydrogen-bond acceptors (Lipinski definition) is 7. The predicted octanol–water partition coefficient (Wildman–Crippen LogP) is 3.89. The molecule has 2 N–H and O–H groups in total. The molecule has 0 saturated carbocycles. The van der Waals surface area contributed by atoms with Crippen molar-refractivity contribution < 1.29 is 19.0 Å². The van der Waals surface area contributed by atoms with Gasteiger partial charge in [0.25, 0.3) is 5.91 Å². The molecule has 2 aromatic carbocycles. The Labute approximate surface area is 168 Å². The van der Waals surface area contributed by atoms with Gasteiger partial charge in [-0.3, -0.25) is 4.79 Å². The van der Waals surface area contributed by atoms with Gasteiger partial charge in [0.15, 0.2) is 11.5 Å². The number of benzene rings is 2. The van der Waals surface area contributed by atoms with Crippen molar-refractivity contribution in [2.24, 2.45) is 0 Å². The standard InChI is InChI=1S/C21H22N4O4/c1-4-29-16-8-5-14(6-9-16)25-21(26)17-12-20(23-13-22-17)24-15-7-10-18(27-2)19(11-15)28-3/h5-13H,4H2,1-3H3,(H,25,26)(H,22,23,24). The molecule has 1 heterocycles. The lowest BCUT2D eigenvalue weighted by molar-refractivity contribution is 0.102. The van der Waals surface area contributed by atoms with E-state index in [-0.39, 0.29) is 11.6 Å². The van der Waals surface area contributed by atoms with Gasteiger partial charge in [0.2, 0.25) is 0 Å². The maximum Gasteiger partial charge on any atom is 0.274 e. The van der Waals surface area contributed by atoms with Gasteiger partial charge in [-0.2, -0.15) is 0 Å². The SMILES string of the molecule is CCOc1ccc(NC(=O)c2cc(Nc3ccc(OC)c(OC)c3)ncn2)cc1. The Hall–Kier alpha value is -3.81. The normalized spacial score (nSPS) is 10.2. The quantitative estimate of drug-likeness (QED) is 0.598. The van der Waals surface area contributed by atoms with Gasteiger partial charge in [0, 0.05) is 23.5 Å². The second-order valence-electron chi connectivity index (χ2n) is 5.89. The van der Waals surface area contributed by atoms with Crippen LogP contribution >= 0.6 is 0 Å². The molecule has 0 unspecified atom stereocenters. The van der Waals surface area contributed by atoms with E-state index in [1.165, 1.54) is 6.33 Å². The van der Waals surface area contributed by atoms with E-state index in [0.29, 0.717) is 29.6 Å². The summed E-state index contributed by atoms with van der Waals surface area (Å²) in [5, 5.41) is 5.93. The van der Waals surface area contributed by atoms with Gasteiger partial charge in [0.1, 0.15) is 23.6 Å². The Kier molecular flexibility index (Phi) is 6.47. The zero-order valence-corrected chi connectivity index (χ0v) is 16.4. The summed E-state index contributed by atoms with van der Waals surface area (Å²) in [6.45, 7) is 2.50. The van der Waals surface area contributed by atoms with Crippen molar-refractivity contribution in [3.63, 3.8) is 0 Å². The third-order valence-electron chi connectivity index (χ3n) is 3.98. The van der Waals surface area contributed by atoms with Crippen LogP contribution in [0.1, 0.15) is 17.4 Å². The van der Waals surface area contributed by atoms with Crippen LogP contribution in [-0.2, 0) is 0 Å². The average molecular weight is 394 g/mol. The molecule has 0 fully saturated rings. The van der Waals surface area contributed by atoms with Gasteiger partial charge in [-0.15, -0.1) is 0 Å².